The summed E-state index contributed by atoms with van der Waals surface area (Å²) in [7, 11) is 0. The summed E-state index contributed by atoms with van der Waals surface area (Å²) >= 11 is 0. The molecule has 1 spiro atoms. The molecule has 2 aliphatic carbocycles. The topological polar surface area (TPSA) is 24.8 Å². The van der Waals surface area contributed by atoms with Gasteiger partial charge in [-0.25, -0.2) is 4.99 Å². The molecule has 2 atom stereocenters. The van der Waals surface area contributed by atoms with E-state index in [1.165, 1.54) is 77.6 Å². The van der Waals surface area contributed by atoms with Gasteiger partial charge in [-0.1, -0.05) is 164 Å². The van der Waals surface area contributed by atoms with Gasteiger partial charge in [-0.3, -0.25) is 0 Å². The Morgan fingerprint density at radius 2 is 1.32 bits per heavy atom. The second-order valence-electron chi connectivity index (χ2n) is 15.4. The van der Waals surface area contributed by atoms with Crippen LogP contribution in [0.3, 0.4) is 0 Å². The van der Waals surface area contributed by atoms with Gasteiger partial charge < -0.3 is 9.64 Å². The molecule has 264 valence electrons. The minimum absolute atomic E-state index is 0.0640. The number of aliphatic imine (C=N–C) groups is 1. The van der Waals surface area contributed by atoms with Crippen LogP contribution < -0.4 is 4.74 Å². The molecule has 3 nitrogen and oxygen atoms in total. The summed E-state index contributed by atoms with van der Waals surface area (Å²) in [5.74, 6) is 3.21. The third-order valence-corrected chi connectivity index (χ3v) is 12.4. The summed E-state index contributed by atoms with van der Waals surface area (Å²) in [5.41, 5.74) is 14.3. The van der Waals surface area contributed by atoms with Crippen molar-refractivity contribution in [3.63, 3.8) is 0 Å². The van der Waals surface area contributed by atoms with Crippen molar-refractivity contribution >= 4 is 22.2 Å². The highest BCUT2D eigenvalue weighted by Crippen LogP contribution is 2.63. The van der Waals surface area contributed by atoms with Gasteiger partial charge in [-0.15, -0.1) is 0 Å². The first-order chi connectivity index (χ1) is 27.8. The van der Waals surface area contributed by atoms with Crippen molar-refractivity contribution < 1.29 is 4.74 Å². The zero-order valence-electron chi connectivity index (χ0n) is 30.6. The van der Waals surface area contributed by atoms with E-state index in [-0.39, 0.29) is 6.17 Å². The number of amidine groups is 1. The van der Waals surface area contributed by atoms with Gasteiger partial charge in [0.05, 0.1) is 5.41 Å². The highest BCUT2D eigenvalue weighted by molar-refractivity contribution is 6.08. The van der Waals surface area contributed by atoms with Gasteiger partial charge in [0.25, 0.3) is 0 Å². The van der Waals surface area contributed by atoms with Crippen LogP contribution in [0, 0.1) is 5.92 Å². The number of hydrogen-bond acceptors (Lipinski definition) is 3. The smallest absolute Gasteiger partial charge is 0.154 e. The molecular formula is C53H36N2O. The molecule has 2 unspecified atom stereocenters. The summed E-state index contributed by atoms with van der Waals surface area (Å²) < 4.78 is 6.65. The lowest BCUT2D eigenvalue weighted by molar-refractivity contribution is 0.361. The first-order valence-corrected chi connectivity index (χ1v) is 19.6. The first kappa shape index (κ1) is 31.4. The molecule has 0 fully saturated rings. The Bertz CT molecular complexity index is 2880. The number of hydrogen-bond donors (Lipinski definition) is 0. The molecule has 0 bridgehead atoms. The number of ether oxygens (including phenoxy) is 1. The molecule has 3 heteroatoms. The van der Waals surface area contributed by atoms with Gasteiger partial charge in [0.1, 0.15) is 17.3 Å². The van der Waals surface area contributed by atoms with Crippen molar-refractivity contribution in [1.29, 1.82) is 0 Å². The lowest BCUT2D eigenvalue weighted by Gasteiger charge is -2.43. The van der Waals surface area contributed by atoms with Crippen molar-refractivity contribution in [2.24, 2.45) is 10.9 Å². The van der Waals surface area contributed by atoms with Gasteiger partial charge >= 0.3 is 0 Å². The monoisotopic (exact) mass is 716 g/mol. The maximum atomic E-state index is 6.65. The molecule has 0 N–H and O–H groups in total. The molecule has 56 heavy (non-hydrogen) atoms. The van der Waals surface area contributed by atoms with Gasteiger partial charge in [0.15, 0.2) is 6.17 Å². The third kappa shape index (κ3) is 4.43. The first-order valence-electron chi connectivity index (χ1n) is 19.6. The van der Waals surface area contributed by atoms with Crippen molar-refractivity contribution in [2.75, 3.05) is 0 Å². The molecule has 5 aliphatic rings. The third-order valence-electron chi connectivity index (χ3n) is 12.4. The molecule has 12 rings (SSSR count). The van der Waals surface area contributed by atoms with E-state index in [2.05, 4.69) is 199 Å². The normalized spacial score (nSPS) is 19.1. The Balaban J connectivity index is 0.973. The van der Waals surface area contributed by atoms with Gasteiger partial charge in [0.2, 0.25) is 0 Å². The fourth-order valence-corrected chi connectivity index (χ4v) is 9.89. The van der Waals surface area contributed by atoms with Crippen LogP contribution >= 0.6 is 0 Å². The second-order valence-corrected chi connectivity index (χ2v) is 15.4. The van der Waals surface area contributed by atoms with Gasteiger partial charge in [-0.2, -0.15) is 0 Å². The molecule has 0 saturated heterocycles. The van der Waals surface area contributed by atoms with E-state index in [0.717, 1.165) is 23.8 Å². The Labute approximate surface area is 326 Å². The summed E-state index contributed by atoms with van der Waals surface area (Å²) in [6, 6.07) is 57.5. The Morgan fingerprint density at radius 3 is 2.11 bits per heavy atom. The van der Waals surface area contributed by atoms with E-state index in [4.69, 9.17) is 9.73 Å². The standard InChI is InChI=1S/C53H36N2O/c1-3-13-34(14-4-1)40-31-44(36-15-5-2-6-16-36)52-54-51(55(52)33-40)38-25-23-35(24-26-38)39-28-29-42-43-30-27-37-17-7-8-18-41(37)50(43)53(47(42)32-39)45-19-9-11-21-48(45)56-49-22-12-10-20-46(49)53/h1-15,17-33,36,51H,16H2. The van der Waals surface area contributed by atoms with Crippen LogP contribution in [-0.2, 0) is 5.41 Å². The number of benzene rings is 7. The zero-order chi connectivity index (χ0) is 36.8. The van der Waals surface area contributed by atoms with Crippen LogP contribution in [0.25, 0.3) is 38.6 Å². The number of allylic oxidation sites excluding steroid dienone is 6. The maximum absolute atomic E-state index is 6.65. The minimum Gasteiger partial charge on any atom is -0.457 e. The SMILES string of the molecule is C1=CCC(C2=CC(c3ccccc3)=CN3C2=NC3c2ccc(-c3ccc4c(c3)C3(c5ccccc5Oc5ccccc53)c3c-4ccc4ccccc34)cc2)C=C1. The average Bonchev–Trinajstić information content (AvgIpc) is 3.55. The van der Waals surface area contributed by atoms with Gasteiger partial charge in [0, 0.05) is 28.8 Å². The number of fused-ring (bicyclic) bond motifs is 12. The van der Waals surface area contributed by atoms with Gasteiger partial charge in [-0.05, 0) is 91.5 Å². The molecule has 0 saturated carbocycles. The zero-order valence-corrected chi connectivity index (χ0v) is 30.6. The second kappa shape index (κ2) is 12.0. The molecule has 3 aliphatic heterocycles. The summed E-state index contributed by atoms with van der Waals surface area (Å²) in [4.78, 5) is 7.63. The van der Waals surface area contributed by atoms with Crippen LogP contribution in [-0.4, -0.2) is 10.7 Å². The highest BCUT2D eigenvalue weighted by atomic mass is 16.5. The molecule has 0 aromatic heterocycles. The van der Waals surface area contributed by atoms with Crippen molar-refractivity contribution in [2.45, 2.75) is 18.0 Å². The number of rotatable bonds is 4. The average molecular weight is 717 g/mol. The van der Waals surface area contributed by atoms with E-state index in [1.54, 1.807) is 0 Å². The molecule has 0 radical (unpaired) electrons. The highest BCUT2D eigenvalue weighted by Gasteiger charge is 2.52. The van der Waals surface area contributed by atoms with Crippen LogP contribution in [0.2, 0.25) is 0 Å². The van der Waals surface area contributed by atoms with Crippen molar-refractivity contribution in [3.8, 4) is 33.8 Å². The maximum Gasteiger partial charge on any atom is 0.154 e. The molecular weight excluding hydrogens is 681 g/mol. The fraction of sp³-hybridized carbons (Fsp3) is 0.0755. The lowest BCUT2D eigenvalue weighted by Crippen LogP contribution is -2.43. The largest absolute Gasteiger partial charge is 0.457 e. The lowest BCUT2D eigenvalue weighted by atomic mass is 9.65. The molecule has 7 aromatic carbocycles. The number of para-hydroxylation sites is 2. The van der Waals surface area contributed by atoms with Crippen LogP contribution in [0.4, 0.5) is 0 Å². The van der Waals surface area contributed by atoms with E-state index in [0.29, 0.717) is 5.92 Å². The summed E-state index contributed by atoms with van der Waals surface area (Å²) in [5, 5.41) is 2.52. The van der Waals surface area contributed by atoms with E-state index >= 15 is 0 Å². The Hall–Kier alpha value is -6.97. The predicted octanol–water partition coefficient (Wildman–Crippen LogP) is 12.8. The quantitative estimate of drug-likeness (QED) is 0.181. The van der Waals surface area contributed by atoms with Crippen molar-refractivity contribution in [1.82, 2.24) is 4.90 Å². The fourth-order valence-electron chi connectivity index (χ4n) is 9.89. The van der Waals surface area contributed by atoms with Crippen LogP contribution in [0.1, 0.15) is 46.0 Å². The van der Waals surface area contributed by atoms with E-state index in [9.17, 15) is 0 Å². The molecule has 3 heterocycles. The number of nitrogens with zero attached hydrogens (tertiary/aromatic N) is 2. The minimum atomic E-state index is -0.546. The summed E-state index contributed by atoms with van der Waals surface area (Å²) in [6.07, 6.45) is 14.4. The summed E-state index contributed by atoms with van der Waals surface area (Å²) in [6.45, 7) is 0. The predicted molar refractivity (Wildman–Crippen MR) is 228 cm³/mol. The molecule has 0 amide bonds. The van der Waals surface area contributed by atoms with E-state index in [1.807, 2.05) is 0 Å². The Morgan fingerprint density at radius 1 is 0.607 bits per heavy atom. The molecule has 7 aromatic rings. The van der Waals surface area contributed by atoms with E-state index < -0.39 is 5.41 Å². The van der Waals surface area contributed by atoms with Crippen molar-refractivity contribution in [3.05, 3.63) is 233 Å². The van der Waals surface area contributed by atoms with Crippen LogP contribution in [0.5, 0.6) is 11.5 Å². The van der Waals surface area contributed by atoms with Crippen LogP contribution in [0.15, 0.2) is 205 Å². The Kier molecular flexibility index (Phi) is 6.73.